The van der Waals surface area contributed by atoms with Crippen LogP contribution in [-0.4, -0.2) is 16.5 Å². The lowest BCUT2D eigenvalue weighted by molar-refractivity contribution is 0.610. The van der Waals surface area contributed by atoms with E-state index < -0.39 is 0 Å². The van der Waals surface area contributed by atoms with E-state index in [-0.39, 0.29) is 0 Å². The molecule has 0 aliphatic carbocycles. The van der Waals surface area contributed by atoms with Gasteiger partial charge in [-0.3, -0.25) is 0 Å². The first kappa shape index (κ1) is 9.71. The highest BCUT2D eigenvalue weighted by atomic mass is 15.0. The third-order valence-corrected chi connectivity index (χ3v) is 2.96. The highest BCUT2D eigenvalue weighted by molar-refractivity contribution is 5.17. The molecule has 78 valence electrons. The van der Waals surface area contributed by atoms with Crippen LogP contribution in [0.1, 0.15) is 49.9 Å². The monoisotopic (exact) mass is 193 g/mol. The third kappa shape index (κ3) is 1.69. The van der Waals surface area contributed by atoms with Crippen molar-refractivity contribution in [2.24, 2.45) is 0 Å². The first-order valence-corrected chi connectivity index (χ1v) is 5.66. The standard InChI is InChI=1S/C11H19N3/c1-3-8-9(4-2)14-11(13-8)10-6-5-7-12-10/h10,12H,3-7H2,1-2H3,(H,13,14). The van der Waals surface area contributed by atoms with Crippen molar-refractivity contribution in [3.63, 3.8) is 0 Å². The van der Waals surface area contributed by atoms with Crippen molar-refractivity contribution in [3.05, 3.63) is 17.2 Å². The van der Waals surface area contributed by atoms with E-state index in [1.807, 2.05) is 0 Å². The summed E-state index contributed by atoms with van der Waals surface area (Å²) in [6.45, 7) is 5.48. The van der Waals surface area contributed by atoms with Gasteiger partial charge in [0, 0.05) is 5.69 Å². The fourth-order valence-corrected chi connectivity index (χ4v) is 2.14. The molecule has 1 aliphatic rings. The zero-order valence-corrected chi connectivity index (χ0v) is 9.06. The quantitative estimate of drug-likeness (QED) is 0.770. The lowest BCUT2D eigenvalue weighted by Crippen LogP contribution is -2.14. The molecule has 0 amide bonds. The highest BCUT2D eigenvalue weighted by Crippen LogP contribution is 2.22. The van der Waals surface area contributed by atoms with Crippen molar-refractivity contribution in [3.8, 4) is 0 Å². The molecule has 3 heteroatoms. The molecule has 1 unspecified atom stereocenters. The number of nitrogens with one attached hydrogen (secondary N) is 2. The van der Waals surface area contributed by atoms with Crippen molar-refractivity contribution < 1.29 is 0 Å². The fraction of sp³-hybridized carbons (Fsp3) is 0.727. The molecule has 1 fully saturated rings. The van der Waals surface area contributed by atoms with E-state index in [9.17, 15) is 0 Å². The van der Waals surface area contributed by atoms with Gasteiger partial charge in [0.2, 0.25) is 0 Å². The molecule has 2 heterocycles. The Hall–Kier alpha value is -0.830. The number of H-pyrrole nitrogens is 1. The summed E-state index contributed by atoms with van der Waals surface area (Å²) in [7, 11) is 0. The Morgan fingerprint density at radius 2 is 2.21 bits per heavy atom. The van der Waals surface area contributed by atoms with E-state index >= 15 is 0 Å². The Morgan fingerprint density at radius 1 is 1.36 bits per heavy atom. The summed E-state index contributed by atoms with van der Waals surface area (Å²) in [5.74, 6) is 1.15. The number of aromatic nitrogens is 2. The van der Waals surface area contributed by atoms with Gasteiger partial charge in [-0.2, -0.15) is 0 Å². The van der Waals surface area contributed by atoms with Crippen LogP contribution in [0.25, 0.3) is 0 Å². The van der Waals surface area contributed by atoms with Crippen LogP contribution in [0.3, 0.4) is 0 Å². The molecular weight excluding hydrogens is 174 g/mol. The van der Waals surface area contributed by atoms with E-state index in [0.29, 0.717) is 6.04 Å². The third-order valence-electron chi connectivity index (χ3n) is 2.96. The van der Waals surface area contributed by atoms with Crippen LogP contribution in [0, 0.1) is 0 Å². The lowest BCUT2D eigenvalue weighted by atomic mass is 10.2. The van der Waals surface area contributed by atoms with Gasteiger partial charge in [0.15, 0.2) is 0 Å². The zero-order valence-electron chi connectivity index (χ0n) is 9.06. The molecule has 2 rings (SSSR count). The molecule has 0 aromatic carbocycles. The van der Waals surface area contributed by atoms with E-state index in [0.717, 1.165) is 25.2 Å². The molecule has 0 saturated carbocycles. The number of hydrogen-bond acceptors (Lipinski definition) is 2. The van der Waals surface area contributed by atoms with E-state index in [1.165, 1.54) is 24.2 Å². The average Bonchev–Trinajstić information content (AvgIpc) is 2.85. The lowest BCUT2D eigenvalue weighted by Gasteiger charge is -2.04. The predicted molar refractivity (Wildman–Crippen MR) is 57.3 cm³/mol. The van der Waals surface area contributed by atoms with Gasteiger partial charge in [0.1, 0.15) is 5.82 Å². The molecule has 1 aliphatic heterocycles. The largest absolute Gasteiger partial charge is 0.344 e. The van der Waals surface area contributed by atoms with Gasteiger partial charge in [-0.05, 0) is 32.2 Å². The maximum absolute atomic E-state index is 4.66. The SMILES string of the molecule is CCc1nc(C2CCCN2)[nH]c1CC. The van der Waals surface area contributed by atoms with Gasteiger partial charge >= 0.3 is 0 Å². The molecule has 0 radical (unpaired) electrons. The first-order valence-electron chi connectivity index (χ1n) is 5.66. The summed E-state index contributed by atoms with van der Waals surface area (Å²) >= 11 is 0. The van der Waals surface area contributed by atoms with E-state index in [4.69, 9.17) is 0 Å². The fourth-order valence-electron chi connectivity index (χ4n) is 2.14. The molecule has 14 heavy (non-hydrogen) atoms. The van der Waals surface area contributed by atoms with Crippen LogP contribution in [-0.2, 0) is 12.8 Å². The number of aryl methyl sites for hydroxylation is 2. The molecule has 0 spiro atoms. The van der Waals surface area contributed by atoms with Crippen LogP contribution >= 0.6 is 0 Å². The number of imidazole rings is 1. The molecule has 1 aromatic heterocycles. The molecule has 0 bridgehead atoms. The van der Waals surface area contributed by atoms with Crippen molar-refractivity contribution >= 4 is 0 Å². The van der Waals surface area contributed by atoms with Crippen LogP contribution in [0.15, 0.2) is 0 Å². The van der Waals surface area contributed by atoms with Crippen LogP contribution < -0.4 is 5.32 Å². The Labute approximate surface area is 85.3 Å². The summed E-state index contributed by atoms with van der Waals surface area (Å²) in [5, 5.41) is 3.47. The van der Waals surface area contributed by atoms with Crippen molar-refractivity contribution in [2.75, 3.05) is 6.54 Å². The number of hydrogen-bond donors (Lipinski definition) is 2. The van der Waals surface area contributed by atoms with Gasteiger partial charge in [-0.25, -0.2) is 4.98 Å². The van der Waals surface area contributed by atoms with Crippen LogP contribution in [0.5, 0.6) is 0 Å². The number of rotatable bonds is 3. The summed E-state index contributed by atoms with van der Waals surface area (Å²) in [4.78, 5) is 8.11. The Bertz CT molecular complexity index is 276. The van der Waals surface area contributed by atoms with E-state index in [1.54, 1.807) is 0 Å². The van der Waals surface area contributed by atoms with Crippen molar-refractivity contribution in [1.82, 2.24) is 15.3 Å². The molecule has 2 N–H and O–H groups in total. The van der Waals surface area contributed by atoms with Gasteiger partial charge in [-0.15, -0.1) is 0 Å². The summed E-state index contributed by atoms with van der Waals surface area (Å²) in [6, 6.07) is 0.473. The Morgan fingerprint density at radius 3 is 2.71 bits per heavy atom. The minimum absolute atomic E-state index is 0.473. The van der Waals surface area contributed by atoms with Crippen LogP contribution in [0.4, 0.5) is 0 Å². The molecule has 3 nitrogen and oxygen atoms in total. The van der Waals surface area contributed by atoms with E-state index in [2.05, 4.69) is 29.1 Å². The second-order valence-electron chi connectivity index (χ2n) is 3.90. The second kappa shape index (κ2) is 4.13. The van der Waals surface area contributed by atoms with Crippen LogP contribution in [0.2, 0.25) is 0 Å². The first-order chi connectivity index (χ1) is 6.85. The second-order valence-corrected chi connectivity index (χ2v) is 3.90. The topological polar surface area (TPSA) is 40.7 Å². The minimum Gasteiger partial charge on any atom is -0.344 e. The summed E-state index contributed by atoms with van der Waals surface area (Å²) in [5.41, 5.74) is 2.56. The normalized spacial score (nSPS) is 21.7. The number of nitrogens with zero attached hydrogens (tertiary/aromatic N) is 1. The number of aromatic amines is 1. The Balaban J connectivity index is 2.21. The molecule has 1 saturated heterocycles. The van der Waals surface area contributed by atoms with Crippen molar-refractivity contribution in [2.45, 2.75) is 45.6 Å². The zero-order chi connectivity index (χ0) is 9.97. The van der Waals surface area contributed by atoms with Gasteiger partial charge < -0.3 is 10.3 Å². The van der Waals surface area contributed by atoms with Gasteiger partial charge in [0.05, 0.1) is 11.7 Å². The summed E-state index contributed by atoms with van der Waals surface area (Å²) < 4.78 is 0. The molecule has 1 atom stereocenters. The predicted octanol–water partition coefficient (Wildman–Crippen LogP) is 1.96. The average molecular weight is 193 g/mol. The minimum atomic E-state index is 0.473. The van der Waals surface area contributed by atoms with Crippen molar-refractivity contribution in [1.29, 1.82) is 0 Å². The molecular formula is C11H19N3. The molecule has 1 aromatic rings. The summed E-state index contributed by atoms with van der Waals surface area (Å²) in [6.07, 6.45) is 4.59. The van der Waals surface area contributed by atoms with Gasteiger partial charge in [0.25, 0.3) is 0 Å². The maximum atomic E-state index is 4.66. The smallest absolute Gasteiger partial charge is 0.123 e. The van der Waals surface area contributed by atoms with Gasteiger partial charge in [-0.1, -0.05) is 13.8 Å². The Kier molecular flexibility index (Phi) is 2.87. The highest BCUT2D eigenvalue weighted by Gasteiger charge is 2.20. The maximum Gasteiger partial charge on any atom is 0.123 e.